The number of anilines is 1. The first-order chi connectivity index (χ1) is 7.78. The Morgan fingerprint density at radius 3 is 2.56 bits per heavy atom. The largest absolute Gasteiger partial charge is 0.449 e. The molecule has 16 heavy (non-hydrogen) atoms. The van der Waals surface area contributed by atoms with Crippen LogP contribution in [0.2, 0.25) is 5.02 Å². The molecule has 0 radical (unpaired) electrons. The van der Waals surface area contributed by atoms with Crippen LogP contribution >= 0.6 is 11.6 Å². The molecule has 0 atom stereocenters. The van der Waals surface area contributed by atoms with Gasteiger partial charge >= 0.3 is 0 Å². The van der Waals surface area contributed by atoms with Gasteiger partial charge in [-0.15, -0.1) is 0 Å². The second-order valence-electron chi connectivity index (χ2n) is 3.24. The van der Waals surface area contributed by atoms with E-state index in [0.717, 1.165) is 11.4 Å². The van der Waals surface area contributed by atoms with Gasteiger partial charge in [-0.25, -0.2) is 0 Å². The second kappa shape index (κ2) is 4.73. The number of hydrogen-bond acceptors (Lipinski definition) is 3. The molecule has 0 amide bonds. The SMILES string of the molecule is N#Cc1ccc(CNc2ccc(Cl)cc2)o1. The zero-order valence-electron chi connectivity index (χ0n) is 8.40. The molecule has 0 fully saturated rings. The topological polar surface area (TPSA) is 49.0 Å². The highest BCUT2D eigenvalue weighted by atomic mass is 35.5. The fraction of sp³-hybridized carbons (Fsp3) is 0.0833. The summed E-state index contributed by atoms with van der Waals surface area (Å²) in [4.78, 5) is 0. The molecule has 0 saturated heterocycles. The van der Waals surface area contributed by atoms with Crippen LogP contribution in [0.25, 0.3) is 0 Å². The third kappa shape index (κ3) is 2.56. The van der Waals surface area contributed by atoms with Gasteiger partial charge in [-0.1, -0.05) is 11.6 Å². The lowest BCUT2D eigenvalue weighted by atomic mass is 10.3. The molecule has 80 valence electrons. The van der Waals surface area contributed by atoms with Crippen LogP contribution in [0.4, 0.5) is 5.69 Å². The number of halogens is 1. The maximum atomic E-state index is 8.59. The molecule has 4 heteroatoms. The molecule has 2 aromatic rings. The van der Waals surface area contributed by atoms with Crippen molar-refractivity contribution < 1.29 is 4.42 Å². The van der Waals surface area contributed by atoms with Gasteiger partial charge in [-0.2, -0.15) is 5.26 Å². The molecule has 0 bridgehead atoms. The summed E-state index contributed by atoms with van der Waals surface area (Å²) in [6.45, 7) is 0.545. The molecule has 0 aliphatic heterocycles. The van der Waals surface area contributed by atoms with E-state index < -0.39 is 0 Å². The highest BCUT2D eigenvalue weighted by molar-refractivity contribution is 6.30. The Kier molecular flexibility index (Phi) is 3.13. The van der Waals surface area contributed by atoms with E-state index in [-0.39, 0.29) is 0 Å². The number of rotatable bonds is 3. The van der Waals surface area contributed by atoms with Crippen LogP contribution in [0.5, 0.6) is 0 Å². The molecule has 0 unspecified atom stereocenters. The standard InChI is InChI=1S/C12H9ClN2O/c13-9-1-3-10(4-2-9)15-8-12-6-5-11(7-14)16-12/h1-6,15H,8H2. The molecule has 1 heterocycles. The summed E-state index contributed by atoms with van der Waals surface area (Å²) in [7, 11) is 0. The van der Waals surface area contributed by atoms with Gasteiger partial charge in [0.2, 0.25) is 5.76 Å². The van der Waals surface area contributed by atoms with Crippen molar-refractivity contribution in [3.8, 4) is 6.07 Å². The predicted molar refractivity (Wildman–Crippen MR) is 62.2 cm³/mol. The Bertz CT molecular complexity index is 511. The van der Waals surface area contributed by atoms with Crippen LogP contribution in [0.15, 0.2) is 40.8 Å². The van der Waals surface area contributed by atoms with E-state index in [4.69, 9.17) is 21.3 Å². The van der Waals surface area contributed by atoms with Gasteiger partial charge in [0.15, 0.2) is 0 Å². The number of nitriles is 1. The smallest absolute Gasteiger partial charge is 0.203 e. The number of nitrogens with one attached hydrogen (secondary N) is 1. The summed E-state index contributed by atoms with van der Waals surface area (Å²) in [5, 5.41) is 12.5. The van der Waals surface area contributed by atoms with Crippen LogP contribution in [-0.4, -0.2) is 0 Å². The Morgan fingerprint density at radius 2 is 1.94 bits per heavy atom. The van der Waals surface area contributed by atoms with Crippen molar-refractivity contribution in [1.82, 2.24) is 0 Å². The molecule has 2 rings (SSSR count). The van der Waals surface area contributed by atoms with Gasteiger partial charge in [0.1, 0.15) is 11.8 Å². The maximum Gasteiger partial charge on any atom is 0.203 e. The average molecular weight is 233 g/mol. The minimum atomic E-state index is 0.327. The van der Waals surface area contributed by atoms with Crippen molar-refractivity contribution in [3.63, 3.8) is 0 Å². The second-order valence-corrected chi connectivity index (χ2v) is 3.67. The zero-order valence-corrected chi connectivity index (χ0v) is 9.16. The molecule has 0 aliphatic carbocycles. The summed E-state index contributed by atoms with van der Waals surface area (Å²) in [5.41, 5.74) is 0.958. The van der Waals surface area contributed by atoms with Gasteiger partial charge in [-0.05, 0) is 36.4 Å². The fourth-order valence-electron chi connectivity index (χ4n) is 1.29. The monoisotopic (exact) mass is 232 g/mol. The number of nitrogens with zero attached hydrogens (tertiary/aromatic N) is 1. The molecule has 1 aromatic heterocycles. The van der Waals surface area contributed by atoms with Crippen LogP contribution in [0.3, 0.4) is 0 Å². The van der Waals surface area contributed by atoms with Gasteiger partial charge in [-0.3, -0.25) is 0 Å². The van der Waals surface area contributed by atoms with Crippen LogP contribution in [0, 0.1) is 11.3 Å². The first kappa shape index (κ1) is 10.6. The van der Waals surface area contributed by atoms with Crippen molar-refractivity contribution in [2.75, 3.05) is 5.32 Å². The normalized spacial score (nSPS) is 9.75. The molecule has 0 spiro atoms. The Labute approximate surface area is 98.3 Å². The number of benzene rings is 1. The Balaban J connectivity index is 1.97. The average Bonchev–Trinajstić information content (AvgIpc) is 2.76. The summed E-state index contributed by atoms with van der Waals surface area (Å²) in [6.07, 6.45) is 0. The number of furan rings is 1. The summed E-state index contributed by atoms with van der Waals surface area (Å²) in [5.74, 6) is 1.06. The Morgan fingerprint density at radius 1 is 1.19 bits per heavy atom. The summed E-state index contributed by atoms with van der Waals surface area (Å²) >= 11 is 5.77. The molecule has 0 saturated carbocycles. The molecule has 1 N–H and O–H groups in total. The van der Waals surface area contributed by atoms with E-state index in [1.807, 2.05) is 30.3 Å². The van der Waals surface area contributed by atoms with Gasteiger partial charge in [0.05, 0.1) is 6.54 Å². The van der Waals surface area contributed by atoms with E-state index in [2.05, 4.69) is 5.32 Å². The van der Waals surface area contributed by atoms with E-state index in [1.54, 1.807) is 12.1 Å². The third-order valence-electron chi connectivity index (χ3n) is 2.08. The van der Waals surface area contributed by atoms with Crippen LogP contribution in [-0.2, 0) is 6.54 Å². The van der Waals surface area contributed by atoms with Crippen molar-refractivity contribution >= 4 is 17.3 Å². The van der Waals surface area contributed by atoms with Gasteiger partial charge in [0.25, 0.3) is 0 Å². The number of hydrogen-bond donors (Lipinski definition) is 1. The fourth-order valence-corrected chi connectivity index (χ4v) is 1.42. The summed E-state index contributed by atoms with van der Waals surface area (Å²) in [6, 6.07) is 12.8. The highest BCUT2D eigenvalue weighted by Gasteiger charge is 2.00. The van der Waals surface area contributed by atoms with Crippen molar-refractivity contribution in [2.45, 2.75) is 6.54 Å². The molecular weight excluding hydrogens is 224 g/mol. The van der Waals surface area contributed by atoms with E-state index in [1.165, 1.54) is 0 Å². The van der Waals surface area contributed by atoms with Crippen LogP contribution in [0.1, 0.15) is 11.5 Å². The predicted octanol–water partition coefficient (Wildman–Crippen LogP) is 3.42. The quantitative estimate of drug-likeness (QED) is 0.882. The highest BCUT2D eigenvalue weighted by Crippen LogP contribution is 2.15. The summed E-state index contributed by atoms with van der Waals surface area (Å²) < 4.78 is 5.23. The minimum absolute atomic E-state index is 0.327. The van der Waals surface area contributed by atoms with E-state index in [9.17, 15) is 0 Å². The van der Waals surface area contributed by atoms with E-state index in [0.29, 0.717) is 17.3 Å². The molecule has 0 aliphatic rings. The molecular formula is C12H9ClN2O. The van der Waals surface area contributed by atoms with Gasteiger partial charge in [0, 0.05) is 10.7 Å². The lowest BCUT2D eigenvalue weighted by molar-refractivity contribution is 0.506. The minimum Gasteiger partial charge on any atom is -0.449 e. The van der Waals surface area contributed by atoms with Crippen LogP contribution < -0.4 is 5.32 Å². The molecule has 1 aromatic carbocycles. The van der Waals surface area contributed by atoms with Crippen molar-refractivity contribution in [1.29, 1.82) is 5.26 Å². The van der Waals surface area contributed by atoms with E-state index >= 15 is 0 Å². The zero-order chi connectivity index (χ0) is 11.4. The molecule has 3 nitrogen and oxygen atoms in total. The van der Waals surface area contributed by atoms with Gasteiger partial charge < -0.3 is 9.73 Å². The van der Waals surface area contributed by atoms with Crippen molar-refractivity contribution in [2.24, 2.45) is 0 Å². The first-order valence-corrected chi connectivity index (χ1v) is 5.14. The third-order valence-corrected chi connectivity index (χ3v) is 2.33. The first-order valence-electron chi connectivity index (χ1n) is 4.76. The Hall–Kier alpha value is -1.92. The maximum absolute atomic E-state index is 8.59. The van der Waals surface area contributed by atoms with Crippen molar-refractivity contribution in [3.05, 3.63) is 52.9 Å². The lowest BCUT2D eigenvalue weighted by Crippen LogP contribution is -1.97. The lowest BCUT2D eigenvalue weighted by Gasteiger charge is -2.03.